The van der Waals surface area contributed by atoms with E-state index in [0.717, 1.165) is 24.2 Å². The molecule has 0 amide bonds. The molecule has 4 heteroatoms. The zero-order chi connectivity index (χ0) is 15.1. The van der Waals surface area contributed by atoms with Crippen molar-refractivity contribution >= 4 is 5.97 Å². The molecule has 2 unspecified atom stereocenters. The van der Waals surface area contributed by atoms with Crippen LogP contribution in [0.3, 0.4) is 0 Å². The molecule has 0 aromatic heterocycles. The molecule has 1 rings (SSSR count). The van der Waals surface area contributed by atoms with E-state index in [4.69, 9.17) is 9.84 Å². The predicted octanol–water partition coefficient (Wildman–Crippen LogP) is 3.33. The summed E-state index contributed by atoms with van der Waals surface area (Å²) >= 11 is 0. The molecule has 0 fully saturated rings. The first-order valence-electron chi connectivity index (χ1n) is 7.14. The van der Waals surface area contributed by atoms with Gasteiger partial charge in [-0.15, -0.1) is 0 Å². The molecule has 20 heavy (non-hydrogen) atoms. The second kappa shape index (κ2) is 7.90. The van der Waals surface area contributed by atoms with Crippen LogP contribution in [0.1, 0.15) is 45.2 Å². The summed E-state index contributed by atoms with van der Waals surface area (Å²) in [6.07, 6.45) is 1.81. The summed E-state index contributed by atoms with van der Waals surface area (Å²) in [5, 5.41) is 9.14. The lowest BCUT2D eigenvalue weighted by atomic mass is 10.00. The van der Waals surface area contributed by atoms with Crippen molar-refractivity contribution in [3.8, 4) is 5.75 Å². The lowest BCUT2D eigenvalue weighted by molar-refractivity contribution is -0.139. The van der Waals surface area contributed by atoms with Gasteiger partial charge in [-0.3, -0.25) is 9.69 Å². The van der Waals surface area contributed by atoms with E-state index in [2.05, 4.69) is 25.7 Å². The van der Waals surface area contributed by atoms with E-state index in [1.807, 2.05) is 24.3 Å². The molecule has 2 atom stereocenters. The second-order valence-corrected chi connectivity index (χ2v) is 5.02. The van der Waals surface area contributed by atoms with Crippen molar-refractivity contribution < 1.29 is 14.6 Å². The molecule has 0 aliphatic rings. The standard InChI is InChI=1S/C16H25NO3/c1-5-12(3)17(11-16(18)19)15(6-2)13-7-9-14(20-4)10-8-13/h7-10,12,15H,5-6,11H2,1-4H3,(H,18,19). The third-order valence-electron chi connectivity index (χ3n) is 3.76. The number of methoxy groups -OCH3 is 1. The van der Waals surface area contributed by atoms with E-state index in [-0.39, 0.29) is 18.6 Å². The van der Waals surface area contributed by atoms with Crippen molar-refractivity contribution in [3.63, 3.8) is 0 Å². The van der Waals surface area contributed by atoms with Gasteiger partial charge < -0.3 is 9.84 Å². The SMILES string of the molecule is CCC(C)N(CC(=O)O)C(CC)c1ccc(OC)cc1. The van der Waals surface area contributed by atoms with Crippen molar-refractivity contribution in [1.82, 2.24) is 4.90 Å². The molecule has 1 N–H and O–H groups in total. The predicted molar refractivity (Wildman–Crippen MR) is 80.1 cm³/mol. The maximum absolute atomic E-state index is 11.1. The monoisotopic (exact) mass is 279 g/mol. The summed E-state index contributed by atoms with van der Waals surface area (Å²) in [5.74, 6) is 0.0363. The lowest BCUT2D eigenvalue weighted by Crippen LogP contribution is -2.39. The number of carbonyl (C=O) groups is 1. The van der Waals surface area contributed by atoms with Crippen LogP contribution >= 0.6 is 0 Å². The van der Waals surface area contributed by atoms with Gasteiger partial charge in [-0.25, -0.2) is 0 Å². The van der Waals surface area contributed by atoms with E-state index in [9.17, 15) is 4.79 Å². The number of ether oxygens (including phenoxy) is 1. The van der Waals surface area contributed by atoms with Crippen molar-refractivity contribution in [2.75, 3.05) is 13.7 Å². The summed E-state index contributed by atoms with van der Waals surface area (Å²) in [6.45, 7) is 6.32. The van der Waals surface area contributed by atoms with Gasteiger partial charge in [0.2, 0.25) is 0 Å². The van der Waals surface area contributed by atoms with Crippen LogP contribution in [0.2, 0.25) is 0 Å². The molecule has 0 bridgehead atoms. The molecule has 0 radical (unpaired) electrons. The van der Waals surface area contributed by atoms with Gasteiger partial charge in [0.25, 0.3) is 0 Å². The third kappa shape index (κ3) is 4.23. The summed E-state index contributed by atoms with van der Waals surface area (Å²) in [7, 11) is 1.64. The van der Waals surface area contributed by atoms with Gasteiger partial charge in [0.1, 0.15) is 5.75 Å². The Labute approximate surface area is 121 Å². The van der Waals surface area contributed by atoms with Crippen molar-refractivity contribution in [3.05, 3.63) is 29.8 Å². The van der Waals surface area contributed by atoms with Crippen molar-refractivity contribution in [2.45, 2.75) is 45.7 Å². The molecule has 1 aromatic carbocycles. The van der Waals surface area contributed by atoms with E-state index in [1.54, 1.807) is 7.11 Å². The maximum Gasteiger partial charge on any atom is 0.317 e. The molecular weight excluding hydrogens is 254 g/mol. The van der Waals surface area contributed by atoms with Gasteiger partial charge in [0, 0.05) is 12.1 Å². The Morgan fingerprint density at radius 3 is 2.25 bits per heavy atom. The lowest BCUT2D eigenvalue weighted by Gasteiger charge is -2.34. The van der Waals surface area contributed by atoms with Crippen LogP contribution in [0.5, 0.6) is 5.75 Å². The Bertz CT molecular complexity index is 416. The van der Waals surface area contributed by atoms with Crippen LogP contribution in [0.4, 0.5) is 0 Å². The third-order valence-corrected chi connectivity index (χ3v) is 3.76. The first-order chi connectivity index (χ1) is 9.53. The highest BCUT2D eigenvalue weighted by Gasteiger charge is 2.24. The molecule has 112 valence electrons. The molecule has 0 saturated heterocycles. The average Bonchev–Trinajstić information content (AvgIpc) is 2.46. The number of hydrogen-bond acceptors (Lipinski definition) is 3. The molecule has 4 nitrogen and oxygen atoms in total. The molecule has 0 spiro atoms. The first-order valence-corrected chi connectivity index (χ1v) is 7.14. The number of benzene rings is 1. The zero-order valence-corrected chi connectivity index (χ0v) is 12.8. The van der Waals surface area contributed by atoms with E-state index < -0.39 is 5.97 Å². The molecule has 0 saturated carbocycles. The molecule has 1 aromatic rings. The van der Waals surface area contributed by atoms with Crippen molar-refractivity contribution in [2.24, 2.45) is 0 Å². The number of rotatable bonds is 8. The zero-order valence-electron chi connectivity index (χ0n) is 12.8. The Morgan fingerprint density at radius 1 is 1.25 bits per heavy atom. The van der Waals surface area contributed by atoms with Gasteiger partial charge in [-0.1, -0.05) is 26.0 Å². The minimum atomic E-state index is -0.780. The Balaban J connectivity index is 3.01. The van der Waals surface area contributed by atoms with Crippen LogP contribution < -0.4 is 4.74 Å². The summed E-state index contributed by atoms with van der Waals surface area (Å²) in [4.78, 5) is 13.2. The fraction of sp³-hybridized carbons (Fsp3) is 0.562. The molecular formula is C16H25NO3. The number of carboxylic acids is 1. The minimum absolute atomic E-state index is 0.0690. The minimum Gasteiger partial charge on any atom is -0.497 e. The Hall–Kier alpha value is -1.55. The normalized spacial score (nSPS) is 14.1. The van der Waals surface area contributed by atoms with Gasteiger partial charge in [-0.2, -0.15) is 0 Å². The van der Waals surface area contributed by atoms with Crippen LogP contribution in [0.25, 0.3) is 0 Å². The highest BCUT2D eigenvalue weighted by atomic mass is 16.5. The Morgan fingerprint density at radius 2 is 1.85 bits per heavy atom. The smallest absolute Gasteiger partial charge is 0.317 e. The maximum atomic E-state index is 11.1. The number of nitrogens with zero attached hydrogens (tertiary/aromatic N) is 1. The quantitative estimate of drug-likeness (QED) is 0.793. The fourth-order valence-electron chi connectivity index (χ4n) is 2.45. The largest absolute Gasteiger partial charge is 0.497 e. The molecule has 0 heterocycles. The number of aliphatic carboxylic acids is 1. The van der Waals surface area contributed by atoms with Gasteiger partial charge in [0.05, 0.1) is 13.7 Å². The molecule has 0 aliphatic heterocycles. The van der Waals surface area contributed by atoms with E-state index in [1.165, 1.54) is 0 Å². The van der Waals surface area contributed by atoms with Gasteiger partial charge in [0.15, 0.2) is 0 Å². The highest BCUT2D eigenvalue weighted by Crippen LogP contribution is 2.28. The van der Waals surface area contributed by atoms with Crippen LogP contribution in [-0.4, -0.2) is 35.7 Å². The molecule has 0 aliphatic carbocycles. The van der Waals surface area contributed by atoms with E-state index in [0.29, 0.717) is 0 Å². The van der Waals surface area contributed by atoms with E-state index >= 15 is 0 Å². The van der Waals surface area contributed by atoms with Crippen LogP contribution in [0, 0.1) is 0 Å². The van der Waals surface area contributed by atoms with Gasteiger partial charge in [-0.05, 0) is 37.5 Å². The second-order valence-electron chi connectivity index (χ2n) is 5.02. The highest BCUT2D eigenvalue weighted by molar-refractivity contribution is 5.69. The summed E-state index contributed by atoms with van der Waals surface area (Å²) in [6, 6.07) is 8.24. The van der Waals surface area contributed by atoms with Crippen LogP contribution in [-0.2, 0) is 4.79 Å². The van der Waals surface area contributed by atoms with Crippen LogP contribution in [0.15, 0.2) is 24.3 Å². The Kier molecular flexibility index (Phi) is 6.52. The topological polar surface area (TPSA) is 49.8 Å². The summed E-state index contributed by atoms with van der Waals surface area (Å²) < 4.78 is 5.17. The van der Waals surface area contributed by atoms with Crippen molar-refractivity contribution in [1.29, 1.82) is 0 Å². The fourth-order valence-corrected chi connectivity index (χ4v) is 2.45. The average molecular weight is 279 g/mol. The number of hydrogen-bond donors (Lipinski definition) is 1. The first kappa shape index (κ1) is 16.5. The number of carboxylic acid groups (broad SMARTS) is 1. The summed E-state index contributed by atoms with van der Waals surface area (Å²) in [5.41, 5.74) is 1.13. The van der Waals surface area contributed by atoms with Gasteiger partial charge >= 0.3 is 5.97 Å².